The molecule has 1 unspecified atom stereocenters. The van der Waals surface area contributed by atoms with E-state index >= 15 is 0 Å². The highest BCUT2D eigenvalue weighted by molar-refractivity contribution is 5.27. The Balaban J connectivity index is 1.90. The minimum atomic E-state index is -0.929. The minimum Gasteiger partial charge on any atom is -0.482 e. The normalized spacial score (nSPS) is 16.3. The summed E-state index contributed by atoms with van der Waals surface area (Å²) >= 11 is 0. The Morgan fingerprint density at radius 1 is 0.952 bits per heavy atom. The van der Waals surface area contributed by atoms with Crippen molar-refractivity contribution in [1.29, 1.82) is 0 Å². The van der Waals surface area contributed by atoms with Crippen molar-refractivity contribution in [2.45, 2.75) is 6.10 Å². The number of hydrogen-bond donors (Lipinski definition) is 1. The van der Waals surface area contributed by atoms with Gasteiger partial charge in [-0.3, -0.25) is 0 Å². The van der Waals surface area contributed by atoms with Gasteiger partial charge >= 0.3 is 0 Å². The van der Waals surface area contributed by atoms with Gasteiger partial charge in [-0.25, -0.2) is 13.2 Å². The zero-order chi connectivity index (χ0) is 14.8. The summed E-state index contributed by atoms with van der Waals surface area (Å²) in [5.41, 5.74) is 0.503. The van der Waals surface area contributed by atoms with E-state index in [9.17, 15) is 13.2 Å². The van der Waals surface area contributed by atoms with E-state index in [0.717, 1.165) is 12.1 Å². The molecule has 0 amide bonds. The molecule has 0 saturated carbocycles. The summed E-state index contributed by atoms with van der Waals surface area (Å²) in [6, 6.07) is 9.71. The number of ether oxygens (including phenoxy) is 1. The van der Waals surface area contributed by atoms with Crippen LogP contribution in [0, 0.1) is 23.4 Å². The van der Waals surface area contributed by atoms with E-state index in [-0.39, 0.29) is 11.7 Å². The number of halogens is 3. The van der Waals surface area contributed by atoms with E-state index in [2.05, 4.69) is 5.32 Å². The molecule has 0 radical (unpaired) electrons. The smallest absolute Gasteiger partial charge is 0.165 e. The van der Waals surface area contributed by atoms with Crippen molar-refractivity contribution in [1.82, 2.24) is 5.32 Å². The van der Waals surface area contributed by atoms with E-state index < -0.39 is 23.6 Å². The van der Waals surface area contributed by atoms with Gasteiger partial charge < -0.3 is 10.1 Å². The summed E-state index contributed by atoms with van der Waals surface area (Å²) in [6.45, 7) is 1.39. The minimum absolute atomic E-state index is 0.0921. The van der Waals surface area contributed by atoms with E-state index in [1.807, 2.05) is 0 Å². The Labute approximate surface area is 120 Å². The van der Waals surface area contributed by atoms with Crippen LogP contribution in [0.2, 0.25) is 0 Å². The molecule has 0 aromatic heterocycles. The summed E-state index contributed by atoms with van der Waals surface area (Å²) in [4.78, 5) is 0. The molecule has 0 spiro atoms. The van der Waals surface area contributed by atoms with Gasteiger partial charge in [0, 0.05) is 19.0 Å². The molecule has 1 fully saturated rings. The van der Waals surface area contributed by atoms with Crippen LogP contribution in [0.3, 0.4) is 0 Å². The van der Waals surface area contributed by atoms with Crippen LogP contribution >= 0.6 is 0 Å². The van der Waals surface area contributed by atoms with Crippen molar-refractivity contribution in [2.24, 2.45) is 5.92 Å². The molecule has 1 aliphatic rings. The maximum Gasteiger partial charge on any atom is 0.165 e. The quantitative estimate of drug-likeness (QED) is 0.932. The average Bonchev–Trinajstić information content (AvgIpc) is 2.41. The number of rotatable bonds is 4. The Bertz CT molecular complexity index is 643. The second-order valence-electron chi connectivity index (χ2n) is 5.06. The van der Waals surface area contributed by atoms with Gasteiger partial charge in [0.05, 0.1) is 0 Å². The molecule has 5 heteroatoms. The first-order chi connectivity index (χ1) is 10.1. The molecule has 110 valence electrons. The lowest BCUT2D eigenvalue weighted by Gasteiger charge is -2.35. The van der Waals surface area contributed by atoms with Crippen molar-refractivity contribution in [3.63, 3.8) is 0 Å². The van der Waals surface area contributed by atoms with Crippen LogP contribution in [0.15, 0.2) is 42.5 Å². The highest BCUT2D eigenvalue weighted by Crippen LogP contribution is 2.32. The standard InChI is InChI=1S/C16H14F3NO/c17-12-6-5-10(7-14(12)19)16(11-8-20-9-11)21-15-4-2-1-3-13(15)18/h1-7,11,16,20H,8-9H2. The van der Waals surface area contributed by atoms with Crippen LogP contribution in [-0.2, 0) is 0 Å². The number of para-hydroxylation sites is 1. The molecule has 1 aliphatic heterocycles. The predicted molar refractivity (Wildman–Crippen MR) is 72.5 cm³/mol. The summed E-state index contributed by atoms with van der Waals surface area (Å²) < 4.78 is 45.9. The third-order valence-corrected chi connectivity index (χ3v) is 3.60. The lowest BCUT2D eigenvalue weighted by atomic mass is 9.90. The molecule has 0 aliphatic carbocycles. The van der Waals surface area contributed by atoms with Gasteiger partial charge in [-0.2, -0.15) is 0 Å². The first kappa shape index (κ1) is 13.9. The largest absolute Gasteiger partial charge is 0.482 e. The van der Waals surface area contributed by atoms with Gasteiger partial charge in [-0.15, -0.1) is 0 Å². The molecule has 3 rings (SSSR count). The maximum absolute atomic E-state index is 13.7. The molecule has 1 N–H and O–H groups in total. The first-order valence-electron chi connectivity index (χ1n) is 6.72. The van der Waals surface area contributed by atoms with Crippen LogP contribution in [0.4, 0.5) is 13.2 Å². The molecular weight excluding hydrogens is 279 g/mol. The Morgan fingerprint density at radius 2 is 1.71 bits per heavy atom. The molecule has 0 bridgehead atoms. The van der Waals surface area contributed by atoms with Crippen LogP contribution in [0.5, 0.6) is 5.75 Å². The van der Waals surface area contributed by atoms with Crippen LogP contribution in [0.1, 0.15) is 11.7 Å². The van der Waals surface area contributed by atoms with Crippen LogP contribution < -0.4 is 10.1 Å². The highest BCUT2D eigenvalue weighted by atomic mass is 19.2. The third kappa shape index (κ3) is 2.88. The maximum atomic E-state index is 13.7. The molecule has 2 aromatic rings. The van der Waals surface area contributed by atoms with E-state index in [0.29, 0.717) is 18.7 Å². The average molecular weight is 293 g/mol. The molecule has 21 heavy (non-hydrogen) atoms. The molecule has 1 atom stereocenters. The van der Waals surface area contributed by atoms with Crippen molar-refractivity contribution in [3.05, 3.63) is 65.5 Å². The highest BCUT2D eigenvalue weighted by Gasteiger charge is 2.31. The van der Waals surface area contributed by atoms with Crippen LogP contribution in [-0.4, -0.2) is 13.1 Å². The molecule has 2 aromatic carbocycles. The zero-order valence-corrected chi connectivity index (χ0v) is 11.2. The van der Waals surface area contributed by atoms with Crippen molar-refractivity contribution >= 4 is 0 Å². The SMILES string of the molecule is Fc1ccc(C(Oc2ccccc2F)C2CNC2)cc1F. The van der Waals surface area contributed by atoms with Crippen LogP contribution in [0.25, 0.3) is 0 Å². The predicted octanol–water partition coefficient (Wildman–Crippen LogP) is 3.44. The topological polar surface area (TPSA) is 21.3 Å². The van der Waals surface area contributed by atoms with E-state index in [1.165, 1.54) is 18.2 Å². The second-order valence-corrected chi connectivity index (χ2v) is 5.06. The van der Waals surface area contributed by atoms with Crippen molar-refractivity contribution < 1.29 is 17.9 Å². The van der Waals surface area contributed by atoms with Crippen molar-refractivity contribution in [2.75, 3.05) is 13.1 Å². The van der Waals surface area contributed by atoms with Gasteiger partial charge in [0.15, 0.2) is 23.2 Å². The fraction of sp³-hybridized carbons (Fsp3) is 0.250. The fourth-order valence-electron chi connectivity index (χ4n) is 2.33. The van der Waals surface area contributed by atoms with E-state index in [4.69, 9.17) is 4.74 Å². The summed E-state index contributed by atoms with van der Waals surface area (Å²) in [7, 11) is 0. The molecule has 1 heterocycles. The third-order valence-electron chi connectivity index (χ3n) is 3.60. The molecule has 2 nitrogen and oxygen atoms in total. The lowest BCUT2D eigenvalue weighted by Crippen LogP contribution is -2.46. The fourth-order valence-corrected chi connectivity index (χ4v) is 2.33. The monoisotopic (exact) mass is 293 g/mol. The van der Waals surface area contributed by atoms with Gasteiger partial charge in [0.1, 0.15) is 6.10 Å². The Hall–Kier alpha value is -2.01. The second kappa shape index (κ2) is 5.77. The van der Waals surface area contributed by atoms with E-state index in [1.54, 1.807) is 12.1 Å². The van der Waals surface area contributed by atoms with Crippen molar-refractivity contribution in [3.8, 4) is 5.75 Å². The number of hydrogen-bond acceptors (Lipinski definition) is 2. The van der Waals surface area contributed by atoms with Gasteiger partial charge in [0.25, 0.3) is 0 Å². The van der Waals surface area contributed by atoms with Gasteiger partial charge in [-0.1, -0.05) is 18.2 Å². The lowest BCUT2D eigenvalue weighted by molar-refractivity contribution is 0.0946. The zero-order valence-electron chi connectivity index (χ0n) is 11.2. The van der Waals surface area contributed by atoms with Gasteiger partial charge in [0.2, 0.25) is 0 Å². The molecule has 1 saturated heterocycles. The number of benzene rings is 2. The summed E-state index contributed by atoms with van der Waals surface area (Å²) in [6.07, 6.45) is -0.516. The molecular formula is C16H14F3NO. The van der Waals surface area contributed by atoms with Gasteiger partial charge in [-0.05, 0) is 29.8 Å². The number of nitrogens with one attached hydrogen (secondary N) is 1. The Morgan fingerprint density at radius 3 is 2.33 bits per heavy atom. The summed E-state index contributed by atoms with van der Waals surface area (Å²) in [5.74, 6) is -2.11. The first-order valence-corrected chi connectivity index (χ1v) is 6.72. The Kier molecular flexibility index (Phi) is 3.84. The summed E-state index contributed by atoms with van der Waals surface area (Å²) in [5, 5.41) is 3.10.